The van der Waals surface area contributed by atoms with Crippen molar-refractivity contribution < 1.29 is 9.53 Å². The summed E-state index contributed by atoms with van der Waals surface area (Å²) in [6.07, 6.45) is 1.03. The van der Waals surface area contributed by atoms with Gasteiger partial charge in [-0.15, -0.1) is 0 Å². The number of carbonyl (C=O) groups is 1. The molecule has 1 aliphatic rings. The Morgan fingerprint density at radius 2 is 2.32 bits per heavy atom. The van der Waals surface area contributed by atoms with E-state index in [-0.39, 0.29) is 11.7 Å². The van der Waals surface area contributed by atoms with Crippen molar-refractivity contribution in [2.75, 3.05) is 33.3 Å². The summed E-state index contributed by atoms with van der Waals surface area (Å²) in [5.74, 6) is -0.452. The first-order chi connectivity index (χ1) is 9.08. The molecule has 1 amide bonds. The van der Waals surface area contributed by atoms with Gasteiger partial charge in [0.15, 0.2) is 0 Å². The van der Waals surface area contributed by atoms with Gasteiger partial charge in [0.05, 0.1) is 12.7 Å². The van der Waals surface area contributed by atoms with Gasteiger partial charge in [-0.2, -0.15) is 0 Å². The number of aromatic amines is 2. The van der Waals surface area contributed by atoms with E-state index >= 15 is 0 Å². The summed E-state index contributed by atoms with van der Waals surface area (Å²) in [7, 11) is 1.59. The summed E-state index contributed by atoms with van der Waals surface area (Å²) in [6.45, 7) is 2.45. The van der Waals surface area contributed by atoms with Crippen LogP contribution in [0.25, 0.3) is 0 Å². The first-order valence-electron chi connectivity index (χ1n) is 5.97. The molecule has 1 aliphatic heterocycles. The van der Waals surface area contributed by atoms with Crippen LogP contribution in [0.1, 0.15) is 10.4 Å². The molecular formula is C11H16N4O4. The van der Waals surface area contributed by atoms with E-state index in [0.29, 0.717) is 19.7 Å². The van der Waals surface area contributed by atoms with E-state index in [2.05, 4.69) is 10.3 Å². The van der Waals surface area contributed by atoms with E-state index in [1.807, 2.05) is 4.98 Å². The zero-order valence-corrected chi connectivity index (χ0v) is 10.6. The number of nitrogens with zero attached hydrogens (tertiary/aromatic N) is 1. The molecule has 1 saturated heterocycles. The van der Waals surface area contributed by atoms with Crippen LogP contribution in [-0.4, -0.2) is 60.2 Å². The Balaban J connectivity index is 2.05. The molecule has 1 unspecified atom stereocenters. The fourth-order valence-electron chi connectivity index (χ4n) is 1.90. The van der Waals surface area contributed by atoms with Gasteiger partial charge >= 0.3 is 5.69 Å². The van der Waals surface area contributed by atoms with E-state index < -0.39 is 17.2 Å². The van der Waals surface area contributed by atoms with Crippen LogP contribution in [0.5, 0.6) is 0 Å². The monoisotopic (exact) mass is 268 g/mol. The third-order valence-corrected chi connectivity index (χ3v) is 2.88. The predicted molar refractivity (Wildman–Crippen MR) is 67.3 cm³/mol. The minimum atomic E-state index is -0.691. The molecule has 0 saturated carbocycles. The summed E-state index contributed by atoms with van der Waals surface area (Å²) in [4.78, 5) is 40.2. The topological polar surface area (TPSA) is 107 Å². The fourth-order valence-corrected chi connectivity index (χ4v) is 1.90. The van der Waals surface area contributed by atoms with Gasteiger partial charge in [-0.25, -0.2) is 4.79 Å². The molecule has 1 aromatic rings. The quantitative estimate of drug-likeness (QED) is 0.595. The van der Waals surface area contributed by atoms with Crippen molar-refractivity contribution in [3.63, 3.8) is 0 Å². The van der Waals surface area contributed by atoms with Crippen molar-refractivity contribution in [2.45, 2.75) is 6.10 Å². The number of hydrogen-bond acceptors (Lipinski definition) is 5. The lowest BCUT2D eigenvalue weighted by Crippen LogP contribution is -2.46. The molecule has 0 radical (unpaired) electrons. The van der Waals surface area contributed by atoms with Gasteiger partial charge in [0.2, 0.25) is 0 Å². The maximum atomic E-state index is 12.1. The van der Waals surface area contributed by atoms with Crippen LogP contribution < -0.4 is 16.6 Å². The average Bonchev–Trinajstić information content (AvgIpc) is 2.39. The minimum Gasteiger partial charge on any atom is -0.374 e. The molecule has 19 heavy (non-hydrogen) atoms. The number of amides is 1. The van der Waals surface area contributed by atoms with E-state index in [1.54, 1.807) is 7.05 Å². The highest BCUT2D eigenvalue weighted by Crippen LogP contribution is 2.01. The summed E-state index contributed by atoms with van der Waals surface area (Å²) < 4.78 is 5.48. The molecule has 1 atom stereocenters. The lowest BCUT2D eigenvalue weighted by molar-refractivity contribution is 0.0103. The minimum absolute atomic E-state index is 0.0918. The molecule has 8 heteroatoms. The smallest absolute Gasteiger partial charge is 0.325 e. The Bertz CT molecular complexity index is 558. The molecule has 0 spiro atoms. The zero-order chi connectivity index (χ0) is 13.8. The fraction of sp³-hybridized carbons (Fsp3) is 0.545. The summed E-state index contributed by atoms with van der Waals surface area (Å²) in [5, 5.41) is 3.16. The van der Waals surface area contributed by atoms with Gasteiger partial charge in [0, 0.05) is 32.9 Å². The van der Waals surface area contributed by atoms with Gasteiger partial charge in [-0.1, -0.05) is 0 Å². The van der Waals surface area contributed by atoms with Crippen molar-refractivity contribution in [1.29, 1.82) is 0 Å². The van der Waals surface area contributed by atoms with Crippen LogP contribution >= 0.6 is 0 Å². The molecule has 8 nitrogen and oxygen atoms in total. The van der Waals surface area contributed by atoms with Crippen molar-refractivity contribution in [2.24, 2.45) is 0 Å². The van der Waals surface area contributed by atoms with Crippen molar-refractivity contribution in [3.05, 3.63) is 32.6 Å². The number of H-pyrrole nitrogens is 2. The van der Waals surface area contributed by atoms with Gasteiger partial charge < -0.3 is 19.9 Å². The van der Waals surface area contributed by atoms with Crippen molar-refractivity contribution in [3.8, 4) is 0 Å². The lowest BCUT2D eigenvalue weighted by Gasteiger charge is -2.27. The highest BCUT2D eigenvalue weighted by atomic mass is 16.5. The Morgan fingerprint density at radius 1 is 1.53 bits per heavy atom. The normalized spacial score (nSPS) is 19.1. The molecule has 2 rings (SSSR count). The maximum absolute atomic E-state index is 12.1. The van der Waals surface area contributed by atoms with E-state index in [0.717, 1.165) is 12.7 Å². The SMILES string of the molecule is CN(CC1CNCCO1)C(=O)c1c[nH]c(=O)[nH]c1=O. The van der Waals surface area contributed by atoms with Gasteiger partial charge in [-0.3, -0.25) is 14.6 Å². The first kappa shape index (κ1) is 13.5. The Morgan fingerprint density at radius 3 is 2.95 bits per heavy atom. The first-order valence-corrected chi connectivity index (χ1v) is 5.97. The molecule has 1 fully saturated rings. The molecule has 2 heterocycles. The Kier molecular flexibility index (Phi) is 4.13. The molecule has 104 valence electrons. The number of ether oxygens (including phenoxy) is 1. The van der Waals surface area contributed by atoms with Gasteiger partial charge in [0.25, 0.3) is 11.5 Å². The van der Waals surface area contributed by atoms with Crippen molar-refractivity contribution in [1.82, 2.24) is 20.2 Å². The number of nitrogens with one attached hydrogen (secondary N) is 3. The van der Waals surface area contributed by atoms with Crippen LogP contribution in [0.4, 0.5) is 0 Å². The van der Waals surface area contributed by atoms with Crippen molar-refractivity contribution >= 4 is 5.91 Å². The molecule has 1 aromatic heterocycles. The third kappa shape index (κ3) is 3.30. The van der Waals surface area contributed by atoms with Crippen LogP contribution in [0.3, 0.4) is 0 Å². The van der Waals surface area contributed by atoms with Crippen LogP contribution in [0, 0.1) is 0 Å². The second kappa shape index (κ2) is 5.81. The standard InChI is InChI=1S/C11H16N4O4/c1-15(6-7-4-12-2-3-19-7)10(17)8-5-13-11(18)14-9(8)16/h5,7,12H,2-4,6H2,1H3,(H2,13,14,16,18). The summed E-state index contributed by atoms with van der Waals surface area (Å²) in [5.41, 5.74) is -1.42. The van der Waals surface area contributed by atoms with Gasteiger partial charge in [0.1, 0.15) is 5.56 Å². The number of rotatable bonds is 3. The number of morpholine rings is 1. The Hall–Kier alpha value is -1.93. The summed E-state index contributed by atoms with van der Waals surface area (Å²) >= 11 is 0. The Labute approximate surface area is 108 Å². The second-order valence-corrected chi connectivity index (χ2v) is 4.37. The number of aromatic nitrogens is 2. The molecular weight excluding hydrogens is 252 g/mol. The van der Waals surface area contributed by atoms with Gasteiger partial charge in [-0.05, 0) is 0 Å². The number of hydrogen-bond donors (Lipinski definition) is 3. The number of carbonyl (C=O) groups excluding carboxylic acids is 1. The highest BCUT2D eigenvalue weighted by Gasteiger charge is 2.21. The van der Waals surface area contributed by atoms with Crippen LogP contribution in [0.15, 0.2) is 15.8 Å². The summed E-state index contributed by atoms with van der Waals surface area (Å²) in [6, 6.07) is 0. The third-order valence-electron chi connectivity index (χ3n) is 2.88. The largest absolute Gasteiger partial charge is 0.374 e. The average molecular weight is 268 g/mol. The highest BCUT2D eigenvalue weighted by molar-refractivity contribution is 5.93. The lowest BCUT2D eigenvalue weighted by atomic mass is 10.2. The van der Waals surface area contributed by atoms with E-state index in [4.69, 9.17) is 4.74 Å². The van der Waals surface area contributed by atoms with Crippen LogP contribution in [0.2, 0.25) is 0 Å². The second-order valence-electron chi connectivity index (χ2n) is 4.37. The molecule has 0 bridgehead atoms. The molecule has 3 N–H and O–H groups in total. The zero-order valence-electron chi connectivity index (χ0n) is 10.6. The van der Waals surface area contributed by atoms with E-state index in [1.165, 1.54) is 4.90 Å². The molecule has 0 aromatic carbocycles. The van der Waals surface area contributed by atoms with E-state index in [9.17, 15) is 14.4 Å². The maximum Gasteiger partial charge on any atom is 0.325 e. The number of likely N-dealkylation sites (N-methyl/N-ethyl adjacent to an activating group) is 1. The van der Waals surface area contributed by atoms with Crippen LogP contribution in [-0.2, 0) is 4.74 Å². The molecule has 0 aliphatic carbocycles. The predicted octanol–water partition coefficient (Wildman–Crippen LogP) is -1.88.